The number of ether oxygens (including phenoxy) is 2. The lowest BCUT2D eigenvalue weighted by Gasteiger charge is -2.26. The van der Waals surface area contributed by atoms with Crippen molar-refractivity contribution in [3.63, 3.8) is 0 Å². The molecule has 23 heavy (non-hydrogen) atoms. The number of benzene rings is 1. The Morgan fingerprint density at radius 1 is 1.30 bits per heavy atom. The highest BCUT2D eigenvalue weighted by Gasteiger charge is 2.27. The van der Waals surface area contributed by atoms with Crippen LogP contribution in [0.25, 0.3) is 0 Å². The smallest absolute Gasteiger partial charge is 0.407 e. The lowest BCUT2D eigenvalue weighted by atomic mass is 10.0. The molecule has 1 aromatic carbocycles. The number of amides is 1. The number of rotatable bonds is 6. The van der Waals surface area contributed by atoms with Crippen LogP contribution >= 0.6 is 12.2 Å². The van der Waals surface area contributed by atoms with E-state index in [0.29, 0.717) is 12.8 Å². The zero-order chi connectivity index (χ0) is 17.5. The van der Waals surface area contributed by atoms with Crippen molar-refractivity contribution in [2.45, 2.75) is 51.4 Å². The van der Waals surface area contributed by atoms with E-state index >= 15 is 0 Å². The molecule has 0 radical (unpaired) electrons. The Bertz CT molecular complexity index is 513. The third-order valence-corrected chi connectivity index (χ3v) is 3.52. The number of thiocarbonyl (C=S) groups is 1. The van der Waals surface area contributed by atoms with Crippen molar-refractivity contribution in [3.05, 3.63) is 35.9 Å². The minimum Gasteiger partial charge on any atom is -0.488 e. The molecule has 1 amide bonds. The van der Waals surface area contributed by atoms with Gasteiger partial charge in [0.1, 0.15) is 11.7 Å². The van der Waals surface area contributed by atoms with Gasteiger partial charge in [-0.05, 0) is 51.4 Å². The summed E-state index contributed by atoms with van der Waals surface area (Å²) in [4.78, 5) is 12.0. The summed E-state index contributed by atoms with van der Waals surface area (Å²) in [5.74, 6) is 0. The summed E-state index contributed by atoms with van der Waals surface area (Å²) < 4.78 is 10.2. The zero-order valence-electron chi connectivity index (χ0n) is 14.0. The number of hydrogen-bond acceptors (Lipinski definition) is 5. The molecule has 0 heterocycles. The fourth-order valence-electron chi connectivity index (χ4n) is 2.02. The highest BCUT2D eigenvalue weighted by molar-refractivity contribution is 7.80. The highest BCUT2D eigenvalue weighted by Crippen LogP contribution is 2.12. The van der Waals surface area contributed by atoms with Gasteiger partial charge in [-0.3, -0.25) is 0 Å². The molecule has 2 N–H and O–H groups in total. The standard InChI is InChI=1S/C17H25NO4S/c1-17(2,3)22-16(20)18-13(14(19)15(23)21-4)11-10-12-8-6-5-7-9-12/h5-9,13-14,19H,10-11H2,1-4H3,(H,18,20)/t13-,14?/m1/s1. The number of aryl methyl sites for hydroxylation is 1. The molecule has 6 heteroatoms. The molecule has 0 fully saturated rings. The van der Waals surface area contributed by atoms with E-state index in [4.69, 9.17) is 21.7 Å². The predicted molar refractivity (Wildman–Crippen MR) is 93.5 cm³/mol. The molecule has 5 nitrogen and oxygen atoms in total. The Labute approximate surface area is 143 Å². The maximum Gasteiger partial charge on any atom is 0.407 e. The van der Waals surface area contributed by atoms with Crippen LogP contribution in [0.15, 0.2) is 30.3 Å². The summed E-state index contributed by atoms with van der Waals surface area (Å²) in [6.07, 6.45) is -0.474. The van der Waals surface area contributed by atoms with Gasteiger partial charge in [-0.25, -0.2) is 4.79 Å². The molecule has 0 aromatic heterocycles. The monoisotopic (exact) mass is 339 g/mol. The summed E-state index contributed by atoms with van der Waals surface area (Å²) >= 11 is 4.98. The second-order valence-corrected chi connectivity index (χ2v) is 6.65. The predicted octanol–water partition coefficient (Wildman–Crippen LogP) is 2.85. The van der Waals surface area contributed by atoms with E-state index in [1.165, 1.54) is 7.11 Å². The van der Waals surface area contributed by atoms with Crippen LogP contribution in [-0.4, -0.2) is 41.1 Å². The average Bonchev–Trinajstić information content (AvgIpc) is 2.49. The summed E-state index contributed by atoms with van der Waals surface area (Å²) in [7, 11) is 1.40. The van der Waals surface area contributed by atoms with Crippen LogP contribution in [0.3, 0.4) is 0 Å². The van der Waals surface area contributed by atoms with Gasteiger partial charge in [-0.1, -0.05) is 30.3 Å². The Hall–Kier alpha value is -1.66. The van der Waals surface area contributed by atoms with Crippen LogP contribution in [0.4, 0.5) is 4.79 Å². The minimum atomic E-state index is -1.08. The van der Waals surface area contributed by atoms with Gasteiger partial charge in [0.05, 0.1) is 13.2 Å². The molecule has 2 atom stereocenters. The molecular formula is C17H25NO4S. The Morgan fingerprint density at radius 2 is 1.91 bits per heavy atom. The first kappa shape index (κ1) is 19.4. The number of methoxy groups -OCH3 is 1. The molecule has 0 aliphatic carbocycles. The van der Waals surface area contributed by atoms with Gasteiger partial charge < -0.3 is 19.9 Å². The molecule has 0 aliphatic heterocycles. The van der Waals surface area contributed by atoms with E-state index in [9.17, 15) is 9.90 Å². The van der Waals surface area contributed by atoms with Gasteiger partial charge in [-0.2, -0.15) is 0 Å². The summed E-state index contributed by atoms with van der Waals surface area (Å²) in [6, 6.07) is 9.23. The fourth-order valence-corrected chi connectivity index (χ4v) is 2.18. The first-order valence-corrected chi connectivity index (χ1v) is 7.93. The van der Waals surface area contributed by atoms with E-state index in [2.05, 4.69) is 5.32 Å². The van der Waals surface area contributed by atoms with Crippen LogP contribution in [-0.2, 0) is 15.9 Å². The Balaban J connectivity index is 2.72. The second-order valence-electron chi connectivity index (χ2n) is 6.24. The van der Waals surface area contributed by atoms with Crippen molar-refractivity contribution < 1.29 is 19.4 Å². The summed E-state index contributed by atoms with van der Waals surface area (Å²) in [6.45, 7) is 5.34. The number of hydrogen-bond donors (Lipinski definition) is 2. The van der Waals surface area contributed by atoms with Crippen LogP contribution in [0.5, 0.6) is 0 Å². The third-order valence-electron chi connectivity index (χ3n) is 3.11. The van der Waals surface area contributed by atoms with Gasteiger partial charge in [0, 0.05) is 0 Å². The lowest BCUT2D eigenvalue weighted by molar-refractivity contribution is 0.0451. The minimum absolute atomic E-state index is 0.0409. The van der Waals surface area contributed by atoms with E-state index in [0.717, 1.165) is 5.56 Å². The van der Waals surface area contributed by atoms with E-state index in [1.54, 1.807) is 20.8 Å². The number of carbonyl (C=O) groups excluding carboxylic acids is 1. The second kappa shape index (κ2) is 8.84. The Morgan fingerprint density at radius 3 is 2.43 bits per heavy atom. The molecule has 0 saturated carbocycles. The zero-order valence-corrected chi connectivity index (χ0v) is 14.9. The number of aliphatic hydroxyl groups excluding tert-OH is 1. The first-order valence-electron chi connectivity index (χ1n) is 7.52. The van der Waals surface area contributed by atoms with Crippen molar-refractivity contribution in [2.24, 2.45) is 0 Å². The fraction of sp³-hybridized carbons (Fsp3) is 0.529. The van der Waals surface area contributed by atoms with Crippen molar-refractivity contribution in [1.82, 2.24) is 5.32 Å². The molecule has 1 aromatic rings. The molecular weight excluding hydrogens is 314 g/mol. The van der Waals surface area contributed by atoms with Gasteiger partial charge in [0.15, 0.2) is 5.05 Å². The third kappa shape index (κ3) is 7.43. The maximum atomic E-state index is 12.0. The maximum absolute atomic E-state index is 12.0. The first-order chi connectivity index (χ1) is 10.7. The number of nitrogens with one attached hydrogen (secondary N) is 1. The SMILES string of the molecule is COC(=S)C(O)[C@@H](CCc1ccccc1)NC(=O)OC(C)(C)C. The van der Waals surface area contributed by atoms with Gasteiger partial charge in [-0.15, -0.1) is 0 Å². The molecule has 128 valence electrons. The molecule has 0 spiro atoms. The molecule has 1 rings (SSSR count). The van der Waals surface area contributed by atoms with Gasteiger partial charge >= 0.3 is 6.09 Å². The molecule has 0 saturated heterocycles. The topological polar surface area (TPSA) is 67.8 Å². The van der Waals surface area contributed by atoms with E-state index in [1.807, 2.05) is 30.3 Å². The van der Waals surface area contributed by atoms with Crippen LogP contribution in [0, 0.1) is 0 Å². The van der Waals surface area contributed by atoms with Crippen molar-refractivity contribution in [2.75, 3.05) is 7.11 Å². The van der Waals surface area contributed by atoms with Crippen LogP contribution in [0.2, 0.25) is 0 Å². The van der Waals surface area contributed by atoms with Crippen LogP contribution in [0.1, 0.15) is 32.8 Å². The van der Waals surface area contributed by atoms with Crippen molar-refractivity contribution in [3.8, 4) is 0 Å². The van der Waals surface area contributed by atoms with Crippen LogP contribution < -0.4 is 5.32 Å². The quantitative estimate of drug-likeness (QED) is 0.780. The van der Waals surface area contributed by atoms with Gasteiger partial charge in [0.2, 0.25) is 0 Å². The van der Waals surface area contributed by atoms with Gasteiger partial charge in [0.25, 0.3) is 0 Å². The van der Waals surface area contributed by atoms with Crippen molar-refractivity contribution in [1.29, 1.82) is 0 Å². The summed E-state index contributed by atoms with van der Waals surface area (Å²) in [5.41, 5.74) is 0.500. The number of aliphatic hydroxyl groups is 1. The van der Waals surface area contributed by atoms with E-state index in [-0.39, 0.29) is 5.05 Å². The Kier molecular flexibility index (Phi) is 7.45. The number of carbonyl (C=O) groups is 1. The van der Waals surface area contributed by atoms with E-state index < -0.39 is 23.8 Å². The molecule has 0 bridgehead atoms. The largest absolute Gasteiger partial charge is 0.488 e. The highest BCUT2D eigenvalue weighted by atomic mass is 32.1. The number of alkyl carbamates (subject to hydrolysis) is 1. The molecule has 0 aliphatic rings. The lowest BCUT2D eigenvalue weighted by Crippen LogP contribution is -2.48. The van der Waals surface area contributed by atoms with Crippen molar-refractivity contribution >= 4 is 23.4 Å². The summed E-state index contributed by atoms with van der Waals surface area (Å²) in [5, 5.41) is 13.0. The molecule has 1 unspecified atom stereocenters. The normalized spacial score (nSPS) is 13.8. The average molecular weight is 339 g/mol.